The van der Waals surface area contributed by atoms with E-state index in [1.807, 2.05) is 7.05 Å². The zero-order valence-corrected chi connectivity index (χ0v) is 11.9. The van der Waals surface area contributed by atoms with Crippen LogP contribution in [-0.4, -0.2) is 21.8 Å². The second-order valence-electron chi connectivity index (χ2n) is 4.93. The summed E-state index contributed by atoms with van der Waals surface area (Å²) in [6.45, 7) is 1.85. The number of rotatable bonds is 4. The fraction of sp³-hybridized carbons (Fsp3) is 0.429. The summed E-state index contributed by atoms with van der Waals surface area (Å²) >= 11 is 0. The lowest BCUT2D eigenvalue weighted by molar-refractivity contribution is 0.493. The van der Waals surface area contributed by atoms with E-state index in [0.29, 0.717) is 5.92 Å². The molecule has 1 atom stereocenters. The molecule has 2 aromatic rings. The van der Waals surface area contributed by atoms with Gasteiger partial charge in [0.2, 0.25) is 0 Å². The van der Waals surface area contributed by atoms with Gasteiger partial charge in [-0.05, 0) is 24.9 Å². The van der Waals surface area contributed by atoms with Gasteiger partial charge in [0.05, 0.1) is 6.54 Å². The smallest absolute Gasteiger partial charge is 0.147 e. The number of nitrogens with one attached hydrogen (secondary N) is 1. The molecule has 0 amide bonds. The van der Waals surface area contributed by atoms with Gasteiger partial charge < -0.3 is 9.88 Å². The van der Waals surface area contributed by atoms with Gasteiger partial charge in [-0.1, -0.05) is 30.3 Å². The lowest BCUT2D eigenvalue weighted by Crippen LogP contribution is -2.14. The van der Waals surface area contributed by atoms with Crippen LogP contribution in [0.2, 0.25) is 0 Å². The molecule has 1 aliphatic heterocycles. The molecule has 19 heavy (non-hydrogen) atoms. The average Bonchev–Trinajstić information content (AvgIpc) is 2.93. The van der Waals surface area contributed by atoms with Crippen molar-refractivity contribution in [3.8, 4) is 0 Å². The van der Waals surface area contributed by atoms with Gasteiger partial charge in [0, 0.05) is 13.0 Å². The molecule has 0 saturated carbocycles. The van der Waals surface area contributed by atoms with Gasteiger partial charge in [0.15, 0.2) is 0 Å². The van der Waals surface area contributed by atoms with Crippen molar-refractivity contribution in [3.05, 3.63) is 47.5 Å². The first-order chi connectivity index (χ1) is 8.86. The molecule has 1 N–H and O–H groups in total. The molecule has 4 nitrogen and oxygen atoms in total. The van der Waals surface area contributed by atoms with Crippen molar-refractivity contribution in [2.75, 3.05) is 7.05 Å². The van der Waals surface area contributed by atoms with E-state index in [4.69, 9.17) is 0 Å². The number of halogens is 1. The summed E-state index contributed by atoms with van der Waals surface area (Å²) in [5, 5.41) is 11.6. The van der Waals surface area contributed by atoms with Crippen molar-refractivity contribution in [2.24, 2.45) is 5.92 Å². The van der Waals surface area contributed by atoms with E-state index >= 15 is 0 Å². The van der Waals surface area contributed by atoms with Crippen LogP contribution in [0.15, 0.2) is 30.3 Å². The molecule has 1 aromatic heterocycles. The highest BCUT2D eigenvalue weighted by Crippen LogP contribution is 2.23. The summed E-state index contributed by atoms with van der Waals surface area (Å²) in [7, 11) is 1.94. The van der Waals surface area contributed by atoms with Crippen LogP contribution in [-0.2, 0) is 25.9 Å². The Kier molecular flexibility index (Phi) is 4.56. The SMILES string of the molecule is CNCc1nnc2n1CC(Cc1ccccc1)C2.Cl. The maximum atomic E-state index is 4.28. The molecule has 1 aliphatic rings. The highest BCUT2D eigenvalue weighted by molar-refractivity contribution is 5.85. The van der Waals surface area contributed by atoms with Crippen molar-refractivity contribution >= 4 is 12.4 Å². The predicted octanol–water partition coefficient (Wildman–Crippen LogP) is 1.83. The van der Waals surface area contributed by atoms with Gasteiger partial charge in [-0.3, -0.25) is 0 Å². The van der Waals surface area contributed by atoms with Crippen LogP contribution in [0.1, 0.15) is 17.2 Å². The van der Waals surface area contributed by atoms with Gasteiger partial charge in [-0.15, -0.1) is 22.6 Å². The van der Waals surface area contributed by atoms with Crippen molar-refractivity contribution < 1.29 is 0 Å². The molecule has 0 fully saturated rings. The van der Waals surface area contributed by atoms with Gasteiger partial charge in [-0.25, -0.2) is 0 Å². The Labute approximate surface area is 119 Å². The summed E-state index contributed by atoms with van der Waals surface area (Å²) in [5.41, 5.74) is 1.41. The number of hydrogen-bond acceptors (Lipinski definition) is 3. The van der Waals surface area contributed by atoms with Crippen LogP contribution in [0.5, 0.6) is 0 Å². The first kappa shape index (κ1) is 14.0. The zero-order chi connectivity index (χ0) is 12.4. The average molecular weight is 279 g/mol. The van der Waals surface area contributed by atoms with Crippen molar-refractivity contribution in [1.82, 2.24) is 20.1 Å². The quantitative estimate of drug-likeness (QED) is 0.928. The predicted molar refractivity (Wildman–Crippen MR) is 77.4 cm³/mol. The third kappa shape index (κ3) is 2.96. The van der Waals surface area contributed by atoms with Crippen molar-refractivity contribution in [3.63, 3.8) is 0 Å². The molecule has 102 valence electrons. The summed E-state index contributed by atoms with van der Waals surface area (Å²) in [4.78, 5) is 0. The Hall–Kier alpha value is -1.39. The Balaban J connectivity index is 0.00000133. The third-order valence-corrected chi connectivity index (χ3v) is 3.52. The zero-order valence-electron chi connectivity index (χ0n) is 11.0. The van der Waals surface area contributed by atoms with Gasteiger partial charge in [-0.2, -0.15) is 0 Å². The van der Waals surface area contributed by atoms with E-state index in [9.17, 15) is 0 Å². The van der Waals surface area contributed by atoms with Gasteiger partial charge in [0.1, 0.15) is 11.6 Å². The van der Waals surface area contributed by atoms with Crippen LogP contribution in [0.4, 0.5) is 0 Å². The molecular formula is C14H19ClN4. The summed E-state index contributed by atoms with van der Waals surface area (Å²) in [5.74, 6) is 2.86. The highest BCUT2D eigenvalue weighted by atomic mass is 35.5. The highest BCUT2D eigenvalue weighted by Gasteiger charge is 2.25. The summed E-state index contributed by atoms with van der Waals surface area (Å²) in [6.07, 6.45) is 2.18. The van der Waals surface area contributed by atoms with Crippen LogP contribution >= 0.6 is 12.4 Å². The first-order valence-electron chi connectivity index (χ1n) is 6.46. The Morgan fingerprint density at radius 3 is 2.79 bits per heavy atom. The maximum Gasteiger partial charge on any atom is 0.147 e. The number of nitrogens with zero attached hydrogens (tertiary/aromatic N) is 3. The molecule has 0 bridgehead atoms. The minimum absolute atomic E-state index is 0. The van der Waals surface area contributed by atoms with E-state index in [1.54, 1.807) is 0 Å². The normalized spacial score (nSPS) is 17.0. The lowest BCUT2D eigenvalue weighted by Gasteiger charge is -2.09. The van der Waals surface area contributed by atoms with Gasteiger partial charge in [0.25, 0.3) is 0 Å². The molecule has 0 saturated heterocycles. The maximum absolute atomic E-state index is 4.28. The number of aromatic nitrogens is 3. The molecule has 0 aliphatic carbocycles. The van der Waals surface area contributed by atoms with E-state index < -0.39 is 0 Å². The number of benzene rings is 1. The van der Waals surface area contributed by atoms with E-state index in [-0.39, 0.29) is 12.4 Å². The molecule has 2 heterocycles. The topological polar surface area (TPSA) is 42.7 Å². The second-order valence-corrected chi connectivity index (χ2v) is 4.93. The van der Waals surface area contributed by atoms with Crippen LogP contribution in [0.25, 0.3) is 0 Å². The molecule has 0 spiro atoms. The largest absolute Gasteiger partial charge is 0.314 e. The Morgan fingerprint density at radius 1 is 1.26 bits per heavy atom. The standard InChI is InChI=1S/C14H18N4.ClH/c1-15-9-14-17-16-13-8-12(10-18(13)14)7-11-5-3-2-4-6-11;/h2-6,12,15H,7-10H2,1H3;1H. The minimum atomic E-state index is 0. The monoisotopic (exact) mass is 278 g/mol. The molecule has 0 radical (unpaired) electrons. The summed E-state index contributed by atoms with van der Waals surface area (Å²) in [6, 6.07) is 10.7. The molecule has 3 rings (SSSR count). The third-order valence-electron chi connectivity index (χ3n) is 3.52. The Bertz CT molecular complexity index is 523. The fourth-order valence-electron chi connectivity index (χ4n) is 2.69. The number of hydrogen-bond donors (Lipinski definition) is 1. The number of fused-ring (bicyclic) bond motifs is 1. The van der Waals surface area contributed by atoms with Crippen LogP contribution in [0.3, 0.4) is 0 Å². The minimum Gasteiger partial charge on any atom is -0.314 e. The molecule has 1 aromatic carbocycles. The molecule has 5 heteroatoms. The van der Waals surface area contributed by atoms with E-state index in [1.165, 1.54) is 5.56 Å². The summed E-state index contributed by atoms with van der Waals surface area (Å²) < 4.78 is 2.27. The molecular weight excluding hydrogens is 260 g/mol. The van der Waals surface area contributed by atoms with E-state index in [0.717, 1.165) is 37.6 Å². The Morgan fingerprint density at radius 2 is 2.05 bits per heavy atom. The van der Waals surface area contributed by atoms with E-state index in [2.05, 4.69) is 50.4 Å². The lowest BCUT2D eigenvalue weighted by atomic mass is 9.98. The van der Waals surface area contributed by atoms with Crippen molar-refractivity contribution in [1.29, 1.82) is 0 Å². The van der Waals surface area contributed by atoms with Crippen molar-refractivity contribution in [2.45, 2.75) is 25.9 Å². The van der Waals surface area contributed by atoms with Gasteiger partial charge >= 0.3 is 0 Å². The fourth-order valence-corrected chi connectivity index (χ4v) is 2.69. The first-order valence-corrected chi connectivity index (χ1v) is 6.46. The second kappa shape index (κ2) is 6.17. The van der Waals surface area contributed by atoms with Crippen LogP contribution < -0.4 is 5.32 Å². The van der Waals surface area contributed by atoms with Crippen LogP contribution in [0, 0.1) is 5.92 Å². The molecule has 1 unspecified atom stereocenters.